The summed E-state index contributed by atoms with van der Waals surface area (Å²) in [6, 6.07) is 0. The molecule has 5 nitrogen and oxygen atoms in total. The van der Waals surface area contributed by atoms with E-state index < -0.39 is 0 Å². The fraction of sp³-hybridized carbons (Fsp3) is 0.667. The van der Waals surface area contributed by atoms with Crippen LogP contribution in [-0.2, 0) is 6.61 Å². The first-order valence-electron chi connectivity index (χ1n) is 5.91. The third-order valence-corrected chi connectivity index (χ3v) is 3.47. The molecule has 0 radical (unpaired) electrons. The molecule has 0 saturated carbocycles. The average Bonchev–Trinajstić information content (AvgIpc) is 2.32. The molecular weight excluding hydrogens is 216 g/mol. The summed E-state index contributed by atoms with van der Waals surface area (Å²) in [5.74, 6) is 0.859. The number of aromatic nitrogens is 2. The van der Waals surface area contributed by atoms with Gasteiger partial charge in [0.1, 0.15) is 5.82 Å². The first-order valence-corrected chi connectivity index (χ1v) is 5.91. The number of aliphatic hydroxyl groups excluding tert-OH is 1. The van der Waals surface area contributed by atoms with Crippen molar-refractivity contribution in [3.05, 3.63) is 18.1 Å². The van der Waals surface area contributed by atoms with Crippen molar-refractivity contribution in [2.24, 2.45) is 0 Å². The normalized spacial score (nSPS) is 20.6. The van der Waals surface area contributed by atoms with Crippen LogP contribution >= 0.6 is 0 Å². The highest BCUT2D eigenvalue weighted by Crippen LogP contribution is 2.22. The van der Waals surface area contributed by atoms with Crippen molar-refractivity contribution < 1.29 is 5.11 Å². The molecule has 0 aliphatic carbocycles. The molecule has 1 aromatic rings. The molecule has 0 unspecified atom stereocenters. The van der Waals surface area contributed by atoms with Gasteiger partial charge in [-0.25, -0.2) is 4.98 Å². The SMILES string of the molecule is CN1CCN(c2cncc(CO)n2)CC1(C)C. The maximum atomic E-state index is 9.08. The topological polar surface area (TPSA) is 52.5 Å². The Hall–Kier alpha value is -1.20. The molecule has 5 heteroatoms. The van der Waals surface area contributed by atoms with Gasteiger partial charge in [-0.15, -0.1) is 0 Å². The molecule has 94 valence electrons. The van der Waals surface area contributed by atoms with Crippen LogP contribution in [0.1, 0.15) is 19.5 Å². The highest BCUT2D eigenvalue weighted by Gasteiger charge is 2.31. The Bertz CT molecular complexity index is 394. The zero-order chi connectivity index (χ0) is 12.5. The van der Waals surface area contributed by atoms with Crippen LogP contribution in [0.5, 0.6) is 0 Å². The van der Waals surface area contributed by atoms with Crippen LogP contribution in [0.3, 0.4) is 0 Å². The van der Waals surface area contributed by atoms with E-state index in [9.17, 15) is 0 Å². The molecule has 2 heterocycles. The van der Waals surface area contributed by atoms with E-state index in [1.807, 2.05) is 0 Å². The largest absolute Gasteiger partial charge is 0.390 e. The van der Waals surface area contributed by atoms with E-state index in [4.69, 9.17) is 5.11 Å². The summed E-state index contributed by atoms with van der Waals surface area (Å²) in [5, 5.41) is 9.08. The number of piperazine rings is 1. The number of anilines is 1. The standard InChI is InChI=1S/C12H20N4O/c1-12(2)9-16(5-4-15(12)3)11-7-13-6-10(8-17)14-11/h6-7,17H,4-5,8-9H2,1-3H3. The summed E-state index contributed by atoms with van der Waals surface area (Å²) < 4.78 is 0. The van der Waals surface area contributed by atoms with Crippen molar-refractivity contribution in [2.45, 2.75) is 26.0 Å². The molecule has 0 spiro atoms. The van der Waals surface area contributed by atoms with E-state index in [1.165, 1.54) is 0 Å². The van der Waals surface area contributed by atoms with Crippen LogP contribution in [0.4, 0.5) is 5.82 Å². The van der Waals surface area contributed by atoms with Gasteiger partial charge < -0.3 is 10.0 Å². The predicted molar refractivity (Wildman–Crippen MR) is 66.9 cm³/mol. The molecule has 1 aliphatic heterocycles. The molecular formula is C12H20N4O. The van der Waals surface area contributed by atoms with Gasteiger partial charge >= 0.3 is 0 Å². The number of rotatable bonds is 2. The Balaban J connectivity index is 2.17. The molecule has 0 aromatic carbocycles. The second-order valence-electron chi connectivity index (χ2n) is 5.18. The Labute approximate surface area is 102 Å². The van der Waals surface area contributed by atoms with E-state index in [0.29, 0.717) is 5.69 Å². The van der Waals surface area contributed by atoms with E-state index in [1.54, 1.807) is 12.4 Å². The van der Waals surface area contributed by atoms with Crippen LogP contribution in [0.15, 0.2) is 12.4 Å². The summed E-state index contributed by atoms with van der Waals surface area (Å²) in [6.07, 6.45) is 3.37. The maximum absolute atomic E-state index is 9.08. The van der Waals surface area contributed by atoms with Gasteiger partial charge in [-0.2, -0.15) is 0 Å². The lowest BCUT2D eigenvalue weighted by molar-refractivity contribution is 0.138. The van der Waals surface area contributed by atoms with Gasteiger partial charge in [-0.05, 0) is 20.9 Å². The molecule has 1 saturated heterocycles. The minimum atomic E-state index is -0.0576. The van der Waals surface area contributed by atoms with E-state index >= 15 is 0 Å². The molecule has 1 aliphatic rings. The maximum Gasteiger partial charge on any atom is 0.147 e. The summed E-state index contributed by atoms with van der Waals surface area (Å²) in [5.41, 5.74) is 0.758. The van der Waals surface area contributed by atoms with E-state index in [-0.39, 0.29) is 12.1 Å². The fourth-order valence-corrected chi connectivity index (χ4v) is 2.06. The second kappa shape index (κ2) is 4.58. The number of nitrogens with zero attached hydrogens (tertiary/aromatic N) is 4. The van der Waals surface area contributed by atoms with Gasteiger partial charge in [0.05, 0.1) is 24.7 Å². The number of hydrogen-bond donors (Lipinski definition) is 1. The third-order valence-electron chi connectivity index (χ3n) is 3.47. The zero-order valence-electron chi connectivity index (χ0n) is 10.7. The minimum absolute atomic E-state index is 0.0576. The van der Waals surface area contributed by atoms with Gasteiger partial charge in [0.25, 0.3) is 0 Å². The van der Waals surface area contributed by atoms with Gasteiger partial charge in [-0.1, -0.05) is 0 Å². The lowest BCUT2D eigenvalue weighted by atomic mass is 10.00. The van der Waals surface area contributed by atoms with Crippen molar-refractivity contribution in [1.29, 1.82) is 0 Å². The van der Waals surface area contributed by atoms with Crippen molar-refractivity contribution in [2.75, 3.05) is 31.6 Å². The van der Waals surface area contributed by atoms with Crippen LogP contribution < -0.4 is 4.90 Å². The van der Waals surface area contributed by atoms with Gasteiger partial charge in [0, 0.05) is 25.2 Å². The number of aliphatic hydroxyl groups is 1. The third kappa shape index (κ3) is 2.56. The van der Waals surface area contributed by atoms with Crippen LogP contribution in [0.2, 0.25) is 0 Å². The van der Waals surface area contributed by atoms with Crippen LogP contribution in [0.25, 0.3) is 0 Å². The quantitative estimate of drug-likeness (QED) is 0.810. The fourth-order valence-electron chi connectivity index (χ4n) is 2.06. The predicted octanol–water partition coefficient (Wildman–Crippen LogP) is 0.499. The molecule has 1 N–H and O–H groups in total. The first-order chi connectivity index (χ1) is 8.03. The smallest absolute Gasteiger partial charge is 0.147 e. The van der Waals surface area contributed by atoms with Crippen LogP contribution in [-0.4, -0.2) is 52.2 Å². The molecule has 0 bridgehead atoms. The van der Waals surface area contributed by atoms with Crippen LogP contribution in [0, 0.1) is 0 Å². The lowest BCUT2D eigenvalue weighted by Crippen LogP contribution is -2.57. The van der Waals surface area contributed by atoms with E-state index in [0.717, 1.165) is 25.5 Å². The molecule has 1 aromatic heterocycles. The van der Waals surface area contributed by atoms with Crippen molar-refractivity contribution >= 4 is 5.82 Å². The molecule has 2 rings (SSSR count). The molecule has 1 fully saturated rings. The summed E-state index contributed by atoms with van der Waals surface area (Å²) >= 11 is 0. The minimum Gasteiger partial charge on any atom is -0.390 e. The highest BCUT2D eigenvalue weighted by molar-refractivity contribution is 5.38. The Morgan fingerprint density at radius 1 is 1.35 bits per heavy atom. The Morgan fingerprint density at radius 2 is 2.12 bits per heavy atom. The molecule has 0 atom stereocenters. The van der Waals surface area contributed by atoms with Crippen molar-refractivity contribution in [3.63, 3.8) is 0 Å². The second-order valence-corrected chi connectivity index (χ2v) is 5.18. The van der Waals surface area contributed by atoms with Crippen molar-refractivity contribution in [1.82, 2.24) is 14.9 Å². The summed E-state index contributed by atoms with van der Waals surface area (Å²) in [7, 11) is 2.15. The number of hydrogen-bond acceptors (Lipinski definition) is 5. The Kier molecular flexibility index (Phi) is 3.31. The monoisotopic (exact) mass is 236 g/mol. The van der Waals surface area contributed by atoms with E-state index in [2.05, 4.69) is 40.7 Å². The summed E-state index contributed by atoms with van der Waals surface area (Å²) in [4.78, 5) is 13.1. The first kappa shape index (κ1) is 12.3. The zero-order valence-corrected chi connectivity index (χ0v) is 10.7. The lowest BCUT2D eigenvalue weighted by Gasteiger charge is -2.45. The van der Waals surface area contributed by atoms with Gasteiger partial charge in [0.15, 0.2) is 0 Å². The van der Waals surface area contributed by atoms with Gasteiger partial charge in [-0.3, -0.25) is 9.88 Å². The molecule has 17 heavy (non-hydrogen) atoms. The highest BCUT2D eigenvalue weighted by atomic mass is 16.3. The average molecular weight is 236 g/mol. The summed E-state index contributed by atoms with van der Waals surface area (Å²) in [6.45, 7) is 7.28. The van der Waals surface area contributed by atoms with Gasteiger partial charge in [0.2, 0.25) is 0 Å². The number of likely N-dealkylation sites (N-methyl/N-ethyl adjacent to an activating group) is 1. The Morgan fingerprint density at radius 3 is 2.76 bits per heavy atom. The van der Waals surface area contributed by atoms with Crippen molar-refractivity contribution in [3.8, 4) is 0 Å². The molecule has 0 amide bonds.